The fourth-order valence-corrected chi connectivity index (χ4v) is 5.09. The summed E-state index contributed by atoms with van der Waals surface area (Å²) in [6.45, 7) is 5.34. The van der Waals surface area contributed by atoms with E-state index in [1.54, 1.807) is 18.3 Å². The van der Waals surface area contributed by atoms with E-state index in [0.717, 1.165) is 57.2 Å². The molecule has 172 valence electrons. The van der Waals surface area contributed by atoms with E-state index in [2.05, 4.69) is 26.2 Å². The molecule has 2 saturated heterocycles. The SMILES string of the molecule is Fc1ccccc1-n1cccc1C1C(c2ccccn2)NC(=S)N1CCCN1CCOCC1. The summed E-state index contributed by atoms with van der Waals surface area (Å²) in [5.41, 5.74) is 2.43. The standard InChI is InChI=1S/C25H28FN5OS/c26-19-7-1-2-9-21(19)30-13-5-10-22(30)24-23(20-8-3-4-11-27-20)28-25(33)31(24)14-6-12-29-15-17-32-18-16-29/h1-5,7-11,13,23-24H,6,12,14-18H2,(H,28,33). The van der Waals surface area contributed by atoms with Gasteiger partial charge >= 0.3 is 0 Å². The number of halogens is 1. The molecular weight excluding hydrogens is 437 g/mol. The van der Waals surface area contributed by atoms with Gasteiger partial charge in [0.05, 0.1) is 36.7 Å². The van der Waals surface area contributed by atoms with Crippen molar-refractivity contribution in [1.82, 2.24) is 24.7 Å². The lowest BCUT2D eigenvalue weighted by Crippen LogP contribution is -2.39. The van der Waals surface area contributed by atoms with Gasteiger partial charge in [0.15, 0.2) is 5.11 Å². The molecule has 2 aliphatic heterocycles. The van der Waals surface area contributed by atoms with Crippen LogP contribution in [0.15, 0.2) is 67.0 Å². The third-order valence-electron chi connectivity index (χ3n) is 6.37. The molecule has 4 heterocycles. The van der Waals surface area contributed by atoms with Crippen LogP contribution in [-0.2, 0) is 4.74 Å². The van der Waals surface area contributed by atoms with Crippen molar-refractivity contribution in [3.05, 3.63) is 84.2 Å². The molecule has 0 spiro atoms. The fourth-order valence-electron chi connectivity index (χ4n) is 4.76. The van der Waals surface area contributed by atoms with Crippen LogP contribution in [0.3, 0.4) is 0 Å². The van der Waals surface area contributed by atoms with Crippen molar-refractivity contribution in [3.8, 4) is 5.69 Å². The Hall–Kier alpha value is -2.81. The van der Waals surface area contributed by atoms with E-state index in [1.807, 2.05) is 41.1 Å². The Morgan fingerprint density at radius 1 is 1.03 bits per heavy atom. The molecule has 0 radical (unpaired) electrons. The molecule has 5 rings (SSSR count). The molecule has 2 unspecified atom stereocenters. The third kappa shape index (κ3) is 4.64. The number of benzene rings is 1. The Labute approximate surface area is 199 Å². The summed E-state index contributed by atoms with van der Waals surface area (Å²) < 4.78 is 22.1. The minimum atomic E-state index is -0.253. The van der Waals surface area contributed by atoms with E-state index in [9.17, 15) is 4.39 Å². The van der Waals surface area contributed by atoms with Crippen molar-refractivity contribution in [2.75, 3.05) is 39.4 Å². The first-order valence-corrected chi connectivity index (χ1v) is 11.8. The van der Waals surface area contributed by atoms with Crippen LogP contribution in [0.5, 0.6) is 0 Å². The zero-order valence-electron chi connectivity index (χ0n) is 18.4. The number of morpholine rings is 1. The van der Waals surface area contributed by atoms with Crippen molar-refractivity contribution in [2.45, 2.75) is 18.5 Å². The molecule has 6 nitrogen and oxygen atoms in total. The second-order valence-electron chi connectivity index (χ2n) is 8.38. The van der Waals surface area contributed by atoms with E-state index < -0.39 is 0 Å². The van der Waals surface area contributed by atoms with E-state index in [-0.39, 0.29) is 17.9 Å². The van der Waals surface area contributed by atoms with Crippen LogP contribution in [0.25, 0.3) is 5.69 Å². The zero-order valence-corrected chi connectivity index (χ0v) is 19.3. The van der Waals surface area contributed by atoms with Gasteiger partial charge in [-0.25, -0.2) is 4.39 Å². The summed E-state index contributed by atoms with van der Waals surface area (Å²) in [6.07, 6.45) is 4.69. The number of para-hydroxylation sites is 1. The van der Waals surface area contributed by atoms with Gasteiger partial charge in [-0.3, -0.25) is 9.88 Å². The van der Waals surface area contributed by atoms with Gasteiger partial charge in [0.1, 0.15) is 5.82 Å². The number of hydrogen-bond donors (Lipinski definition) is 1. The Balaban J connectivity index is 1.45. The van der Waals surface area contributed by atoms with Gasteiger partial charge in [-0.05, 0) is 55.0 Å². The first-order valence-electron chi connectivity index (χ1n) is 11.4. The molecule has 0 amide bonds. The zero-order chi connectivity index (χ0) is 22.6. The predicted molar refractivity (Wildman–Crippen MR) is 130 cm³/mol. The smallest absolute Gasteiger partial charge is 0.170 e. The van der Waals surface area contributed by atoms with Gasteiger partial charge in [0, 0.05) is 44.3 Å². The summed E-state index contributed by atoms with van der Waals surface area (Å²) >= 11 is 5.79. The van der Waals surface area contributed by atoms with Crippen LogP contribution in [0.1, 0.15) is 29.9 Å². The fraction of sp³-hybridized carbons (Fsp3) is 0.360. The van der Waals surface area contributed by atoms with Gasteiger partial charge in [-0.1, -0.05) is 18.2 Å². The highest BCUT2D eigenvalue weighted by molar-refractivity contribution is 7.80. The quantitative estimate of drug-likeness (QED) is 0.537. The molecule has 1 aromatic carbocycles. The van der Waals surface area contributed by atoms with Gasteiger partial charge in [-0.15, -0.1) is 0 Å². The molecule has 2 aromatic heterocycles. The lowest BCUT2D eigenvalue weighted by Gasteiger charge is -2.31. The molecule has 2 atom stereocenters. The van der Waals surface area contributed by atoms with Crippen molar-refractivity contribution >= 4 is 17.3 Å². The van der Waals surface area contributed by atoms with E-state index in [4.69, 9.17) is 17.0 Å². The molecule has 2 aliphatic rings. The van der Waals surface area contributed by atoms with Crippen molar-refractivity contribution in [3.63, 3.8) is 0 Å². The highest BCUT2D eigenvalue weighted by atomic mass is 32.1. The summed E-state index contributed by atoms with van der Waals surface area (Å²) in [4.78, 5) is 9.28. The molecule has 0 aliphatic carbocycles. The molecule has 0 saturated carbocycles. The number of nitrogens with one attached hydrogen (secondary N) is 1. The van der Waals surface area contributed by atoms with Crippen molar-refractivity contribution < 1.29 is 9.13 Å². The van der Waals surface area contributed by atoms with Gasteiger partial charge in [0.25, 0.3) is 0 Å². The Morgan fingerprint density at radius 3 is 2.64 bits per heavy atom. The summed E-state index contributed by atoms with van der Waals surface area (Å²) in [5.74, 6) is -0.253. The van der Waals surface area contributed by atoms with Crippen LogP contribution in [0.2, 0.25) is 0 Å². The molecule has 3 aromatic rings. The largest absolute Gasteiger partial charge is 0.379 e. The minimum Gasteiger partial charge on any atom is -0.379 e. The topological polar surface area (TPSA) is 45.6 Å². The molecule has 0 bridgehead atoms. The van der Waals surface area contributed by atoms with E-state index in [0.29, 0.717) is 10.8 Å². The van der Waals surface area contributed by atoms with Crippen LogP contribution in [-0.4, -0.2) is 63.9 Å². The lowest BCUT2D eigenvalue weighted by atomic mass is 10.0. The Kier molecular flexibility index (Phi) is 6.66. The van der Waals surface area contributed by atoms with Gasteiger partial charge in [0.2, 0.25) is 0 Å². The number of hydrogen-bond acceptors (Lipinski definition) is 4. The number of pyridine rings is 1. The number of ether oxygens (including phenoxy) is 1. The Bertz CT molecular complexity index is 1090. The molecular formula is C25H28FN5OS. The number of aromatic nitrogens is 2. The maximum Gasteiger partial charge on any atom is 0.170 e. The van der Waals surface area contributed by atoms with Gasteiger partial charge < -0.3 is 19.5 Å². The van der Waals surface area contributed by atoms with Crippen molar-refractivity contribution in [1.29, 1.82) is 0 Å². The normalized spacial score (nSPS) is 21.4. The Morgan fingerprint density at radius 2 is 1.85 bits per heavy atom. The first kappa shape index (κ1) is 22.0. The highest BCUT2D eigenvalue weighted by Gasteiger charge is 2.41. The maximum atomic E-state index is 14.7. The summed E-state index contributed by atoms with van der Waals surface area (Å²) in [5, 5.41) is 4.20. The van der Waals surface area contributed by atoms with Crippen LogP contribution < -0.4 is 5.32 Å². The highest BCUT2D eigenvalue weighted by Crippen LogP contribution is 2.39. The summed E-state index contributed by atoms with van der Waals surface area (Å²) in [7, 11) is 0. The molecule has 2 fully saturated rings. The predicted octanol–water partition coefficient (Wildman–Crippen LogP) is 3.71. The first-order chi connectivity index (χ1) is 16.2. The molecule has 1 N–H and O–H groups in total. The second-order valence-corrected chi connectivity index (χ2v) is 8.77. The third-order valence-corrected chi connectivity index (χ3v) is 6.72. The van der Waals surface area contributed by atoms with E-state index >= 15 is 0 Å². The van der Waals surface area contributed by atoms with Crippen LogP contribution in [0, 0.1) is 5.82 Å². The average Bonchev–Trinajstić information content (AvgIpc) is 3.45. The van der Waals surface area contributed by atoms with E-state index in [1.165, 1.54) is 6.07 Å². The number of thiocarbonyl (C=S) groups is 1. The second kappa shape index (κ2) is 9.99. The maximum absolute atomic E-state index is 14.7. The van der Waals surface area contributed by atoms with Gasteiger partial charge in [-0.2, -0.15) is 0 Å². The van der Waals surface area contributed by atoms with Crippen molar-refractivity contribution in [2.24, 2.45) is 0 Å². The average molecular weight is 466 g/mol. The lowest BCUT2D eigenvalue weighted by molar-refractivity contribution is 0.0365. The number of nitrogens with zero attached hydrogens (tertiary/aromatic N) is 4. The summed E-state index contributed by atoms with van der Waals surface area (Å²) in [6, 6.07) is 16.6. The van der Waals surface area contributed by atoms with Crippen LogP contribution >= 0.6 is 12.2 Å². The molecule has 8 heteroatoms. The minimum absolute atomic E-state index is 0.105. The molecule has 33 heavy (non-hydrogen) atoms. The monoisotopic (exact) mass is 465 g/mol. The number of rotatable bonds is 7. The van der Waals surface area contributed by atoms with Crippen LogP contribution in [0.4, 0.5) is 4.39 Å².